The smallest absolute Gasteiger partial charge is 0.315 e. The predicted molar refractivity (Wildman–Crippen MR) is 92.2 cm³/mol. The molecule has 2 amide bonds. The lowest BCUT2D eigenvalue weighted by Crippen LogP contribution is -2.37. The number of nitriles is 1. The molecule has 0 bridgehead atoms. The van der Waals surface area contributed by atoms with Gasteiger partial charge >= 0.3 is 6.03 Å². The van der Waals surface area contributed by atoms with E-state index in [4.69, 9.17) is 5.26 Å². The van der Waals surface area contributed by atoms with Gasteiger partial charge in [-0.3, -0.25) is 0 Å². The van der Waals surface area contributed by atoms with E-state index in [0.717, 1.165) is 11.6 Å². The molecule has 2 rings (SSSR count). The number of hydrogen-bond acceptors (Lipinski definition) is 3. The Kier molecular flexibility index (Phi) is 6.93. The second-order valence-electron chi connectivity index (χ2n) is 5.60. The van der Waals surface area contributed by atoms with E-state index in [-0.39, 0.29) is 24.6 Å². The molecule has 1 unspecified atom stereocenters. The number of halogens is 1. The Balaban J connectivity index is 1.86. The second-order valence-corrected chi connectivity index (χ2v) is 5.60. The maximum Gasteiger partial charge on any atom is 0.315 e. The molecule has 0 saturated heterocycles. The van der Waals surface area contributed by atoms with Crippen LogP contribution in [0.4, 0.5) is 9.18 Å². The van der Waals surface area contributed by atoms with Gasteiger partial charge in [0.2, 0.25) is 0 Å². The van der Waals surface area contributed by atoms with Gasteiger partial charge < -0.3 is 15.7 Å². The average molecular weight is 341 g/mol. The van der Waals surface area contributed by atoms with Crippen LogP contribution in [0.25, 0.3) is 0 Å². The van der Waals surface area contributed by atoms with E-state index in [0.29, 0.717) is 18.5 Å². The van der Waals surface area contributed by atoms with E-state index >= 15 is 0 Å². The fraction of sp³-hybridized carbons (Fsp3) is 0.263. The fourth-order valence-corrected chi connectivity index (χ4v) is 2.48. The van der Waals surface area contributed by atoms with Gasteiger partial charge in [0.1, 0.15) is 5.82 Å². The summed E-state index contributed by atoms with van der Waals surface area (Å²) in [6.07, 6.45) is 0.536. The van der Waals surface area contributed by atoms with E-state index in [2.05, 4.69) is 10.6 Å². The summed E-state index contributed by atoms with van der Waals surface area (Å²) in [4.78, 5) is 11.9. The van der Waals surface area contributed by atoms with Crippen LogP contribution in [0.5, 0.6) is 0 Å². The summed E-state index contributed by atoms with van der Waals surface area (Å²) in [5.74, 6) is -0.523. The lowest BCUT2D eigenvalue weighted by Gasteiger charge is -2.17. The van der Waals surface area contributed by atoms with E-state index in [1.807, 2.05) is 36.4 Å². The zero-order valence-electron chi connectivity index (χ0n) is 13.7. The Morgan fingerprint density at radius 3 is 2.60 bits per heavy atom. The van der Waals surface area contributed by atoms with Crippen molar-refractivity contribution in [1.29, 1.82) is 5.26 Å². The first-order chi connectivity index (χ1) is 12.1. The van der Waals surface area contributed by atoms with Gasteiger partial charge in [0.15, 0.2) is 0 Å². The van der Waals surface area contributed by atoms with Gasteiger partial charge in [0.25, 0.3) is 0 Å². The van der Waals surface area contributed by atoms with Crippen molar-refractivity contribution < 1.29 is 14.3 Å². The topological polar surface area (TPSA) is 85.2 Å². The minimum absolute atomic E-state index is 0.00333. The van der Waals surface area contributed by atoms with Crippen LogP contribution in [0, 0.1) is 17.1 Å². The quantitative estimate of drug-likeness (QED) is 0.724. The molecule has 3 N–H and O–H groups in total. The number of benzene rings is 2. The van der Waals surface area contributed by atoms with Crippen molar-refractivity contribution in [2.45, 2.75) is 18.9 Å². The van der Waals surface area contributed by atoms with Crippen molar-refractivity contribution in [1.82, 2.24) is 10.6 Å². The van der Waals surface area contributed by atoms with Crippen molar-refractivity contribution in [2.75, 3.05) is 13.2 Å². The molecular weight excluding hydrogens is 321 g/mol. The maximum absolute atomic E-state index is 13.8. The lowest BCUT2D eigenvalue weighted by atomic mass is 9.96. The monoisotopic (exact) mass is 341 g/mol. The summed E-state index contributed by atoms with van der Waals surface area (Å²) >= 11 is 0. The highest BCUT2D eigenvalue weighted by molar-refractivity contribution is 5.73. The van der Waals surface area contributed by atoms with Crippen LogP contribution in [0.3, 0.4) is 0 Å². The highest BCUT2D eigenvalue weighted by Crippen LogP contribution is 2.18. The standard InChI is InChI=1S/C19H20FN3O2/c20-18-10-14(11-21)6-7-17(18)13-23-19(25)22-12-16(8-9-24)15-4-2-1-3-5-15/h1-7,10,16,24H,8-9,12-13H2,(H2,22,23,25). The van der Waals surface area contributed by atoms with Gasteiger partial charge in [-0.2, -0.15) is 5.26 Å². The van der Waals surface area contributed by atoms with E-state index in [1.54, 1.807) is 0 Å². The van der Waals surface area contributed by atoms with Crippen LogP contribution in [0.15, 0.2) is 48.5 Å². The zero-order valence-corrected chi connectivity index (χ0v) is 13.7. The van der Waals surface area contributed by atoms with Crippen LogP contribution >= 0.6 is 0 Å². The highest BCUT2D eigenvalue weighted by atomic mass is 19.1. The lowest BCUT2D eigenvalue weighted by molar-refractivity contribution is 0.237. The van der Waals surface area contributed by atoms with E-state index < -0.39 is 11.8 Å². The number of aliphatic hydroxyl groups is 1. The van der Waals surface area contributed by atoms with Crippen LogP contribution in [-0.2, 0) is 6.54 Å². The molecule has 25 heavy (non-hydrogen) atoms. The second kappa shape index (κ2) is 9.40. The highest BCUT2D eigenvalue weighted by Gasteiger charge is 2.12. The molecule has 2 aromatic rings. The first-order valence-electron chi connectivity index (χ1n) is 8.00. The first kappa shape index (κ1) is 18.4. The Morgan fingerprint density at radius 2 is 1.96 bits per heavy atom. The number of carbonyl (C=O) groups is 1. The van der Waals surface area contributed by atoms with E-state index in [9.17, 15) is 14.3 Å². The summed E-state index contributed by atoms with van der Waals surface area (Å²) in [6, 6.07) is 15.2. The summed E-state index contributed by atoms with van der Waals surface area (Å²) in [6.45, 7) is 0.422. The molecule has 1 atom stereocenters. The normalized spacial score (nSPS) is 11.4. The Hall–Kier alpha value is -2.91. The van der Waals surface area contributed by atoms with Crippen molar-refractivity contribution in [3.05, 3.63) is 71.0 Å². The Labute approximate surface area is 146 Å². The summed E-state index contributed by atoms with van der Waals surface area (Å²) < 4.78 is 13.8. The molecule has 0 aromatic heterocycles. The first-order valence-corrected chi connectivity index (χ1v) is 8.00. The largest absolute Gasteiger partial charge is 0.396 e. The summed E-state index contributed by atoms with van der Waals surface area (Å²) in [5, 5.41) is 23.2. The number of rotatable bonds is 7. The molecule has 0 saturated carbocycles. The molecule has 0 spiro atoms. The van der Waals surface area contributed by atoms with Gasteiger partial charge in [0, 0.05) is 31.2 Å². The molecule has 0 aliphatic heterocycles. The molecule has 130 valence electrons. The van der Waals surface area contributed by atoms with Crippen molar-refractivity contribution >= 4 is 6.03 Å². The predicted octanol–water partition coefficient (Wildman–Crippen LogP) is 2.66. The molecule has 0 fully saturated rings. The Bertz CT molecular complexity index is 744. The summed E-state index contributed by atoms with van der Waals surface area (Å²) in [5.41, 5.74) is 1.58. The van der Waals surface area contributed by atoms with Gasteiger partial charge in [-0.25, -0.2) is 9.18 Å². The van der Waals surface area contributed by atoms with Gasteiger partial charge in [0.05, 0.1) is 11.6 Å². The van der Waals surface area contributed by atoms with E-state index in [1.165, 1.54) is 12.1 Å². The molecule has 0 radical (unpaired) electrons. The van der Waals surface area contributed by atoms with Gasteiger partial charge in [-0.1, -0.05) is 36.4 Å². The third-order valence-corrected chi connectivity index (χ3v) is 3.88. The third kappa shape index (κ3) is 5.59. The minimum atomic E-state index is -0.526. The van der Waals surface area contributed by atoms with Crippen molar-refractivity contribution in [3.63, 3.8) is 0 Å². The SMILES string of the molecule is N#Cc1ccc(CNC(=O)NCC(CCO)c2ccccc2)c(F)c1. The molecule has 0 heterocycles. The zero-order chi connectivity index (χ0) is 18.1. The number of carbonyl (C=O) groups excluding carboxylic acids is 1. The van der Waals surface area contributed by atoms with Crippen LogP contribution in [0.2, 0.25) is 0 Å². The van der Waals surface area contributed by atoms with Gasteiger partial charge in [-0.05, 0) is 24.1 Å². The average Bonchev–Trinajstić information content (AvgIpc) is 2.64. The number of amides is 2. The Morgan fingerprint density at radius 1 is 1.20 bits per heavy atom. The van der Waals surface area contributed by atoms with Gasteiger partial charge in [-0.15, -0.1) is 0 Å². The molecule has 5 nitrogen and oxygen atoms in total. The number of nitrogens with zero attached hydrogens (tertiary/aromatic N) is 1. The summed E-state index contributed by atoms with van der Waals surface area (Å²) in [7, 11) is 0. The maximum atomic E-state index is 13.8. The number of nitrogens with one attached hydrogen (secondary N) is 2. The van der Waals surface area contributed by atoms with Crippen molar-refractivity contribution in [3.8, 4) is 6.07 Å². The molecule has 0 aliphatic carbocycles. The fourth-order valence-electron chi connectivity index (χ4n) is 2.48. The molecule has 6 heteroatoms. The minimum Gasteiger partial charge on any atom is -0.396 e. The number of hydrogen-bond donors (Lipinski definition) is 3. The number of aliphatic hydroxyl groups excluding tert-OH is 1. The molecule has 2 aromatic carbocycles. The molecular formula is C19H20FN3O2. The van der Waals surface area contributed by atoms with Crippen LogP contribution in [-0.4, -0.2) is 24.3 Å². The van der Waals surface area contributed by atoms with Crippen LogP contribution < -0.4 is 10.6 Å². The third-order valence-electron chi connectivity index (χ3n) is 3.88. The molecule has 0 aliphatic rings. The number of urea groups is 1. The van der Waals surface area contributed by atoms with Crippen molar-refractivity contribution in [2.24, 2.45) is 0 Å². The van der Waals surface area contributed by atoms with Crippen LogP contribution in [0.1, 0.15) is 29.0 Å².